The van der Waals surface area contributed by atoms with Crippen molar-refractivity contribution < 1.29 is 43.6 Å². The Kier molecular flexibility index (Phi) is 10.2. The Hall–Kier alpha value is -5.85. The molecule has 6 aromatic rings. The zero-order valence-electron chi connectivity index (χ0n) is 28.6. The van der Waals surface area contributed by atoms with Gasteiger partial charge in [0, 0.05) is 10.8 Å². The van der Waals surface area contributed by atoms with E-state index in [0.717, 1.165) is 46.5 Å². The standard InChI is InChI=1S/C37H30N4O10S3/c1-22-8-14-27(15-9-22)54(49,50)51-26-12-10-25(11-13-26)38-40-36-24(3)29(28-7-5-4-6-23(28)2)16-18-31(36)39-41-37-32(42)19-17-30-33(52(43,44)45)20-21-34(35(30)37)53(46,47)48/h4-21,42H,1-3H3,(H,43,44,45)(H,46,47,48). The zero-order valence-corrected chi connectivity index (χ0v) is 31.1. The fourth-order valence-electron chi connectivity index (χ4n) is 5.62. The first kappa shape index (κ1) is 37.9. The highest BCUT2D eigenvalue weighted by molar-refractivity contribution is 7.87. The smallest absolute Gasteiger partial charge is 0.339 e. The quantitative estimate of drug-likeness (QED) is 0.0678. The Bertz CT molecular complexity index is 2840. The molecule has 17 heteroatoms. The average Bonchev–Trinajstić information content (AvgIpc) is 3.10. The van der Waals surface area contributed by atoms with Gasteiger partial charge in [-0.25, -0.2) is 0 Å². The van der Waals surface area contributed by atoms with Crippen molar-refractivity contribution in [1.82, 2.24) is 0 Å². The summed E-state index contributed by atoms with van der Waals surface area (Å²) in [6.07, 6.45) is 0. The van der Waals surface area contributed by atoms with Crippen molar-refractivity contribution in [3.8, 4) is 22.6 Å². The van der Waals surface area contributed by atoms with E-state index < -0.39 is 57.0 Å². The fraction of sp³-hybridized carbons (Fsp3) is 0.0811. The topological polar surface area (TPSA) is 222 Å². The van der Waals surface area contributed by atoms with Gasteiger partial charge in [0.25, 0.3) is 20.2 Å². The summed E-state index contributed by atoms with van der Waals surface area (Å²) < 4.78 is 99.6. The van der Waals surface area contributed by atoms with Crippen LogP contribution in [0.5, 0.6) is 11.5 Å². The maximum Gasteiger partial charge on any atom is 0.339 e. The summed E-state index contributed by atoms with van der Waals surface area (Å²) in [5.41, 5.74) is 4.18. The molecule has 0 fully saturated rings. The molecule has 0 aromatic heterocycles. The Balaban J connectivity index is 1.44. The fourth-order valence-corrected chi connectivity index (χ4v) is 7.94. The van der Waals surface area contributed by atoms with Gasteiger partial charge < -0.3 is 9.29 Å². The van der Waals surface area contributed by atoms with Crippen LogP contribution >= 0.6 is 0 Å². The van der Waals surface area contributed by atoms with Gasteiger partial charge in [0.15, 0.2) is 0 Å². The van der Waals surface area contributed by atoms with Gasteiger partial charge in [-0.2, -0.15) is 30.4 Å². The minimum atomic E-state index is -5.00. The highest BCUT2D eigenvalue weighted by Crippen LogP contribution is 2.44. The van der Waals surface area contributed by atoms with E-state index in [1.165, 1.54) is 36.4 Å². The van der Waals surface area contributed by atoms with Gasteiger partial charge in [0.05, 0.1) is 5.69 Å². The SMILES string of the molecule is Cc1ccc(S(=O)(=O)Oc2ccc(N=Nc3c(N=Nc4c(O)ccc5c(S(=O)(=O)O)ccc(S(=O)(=O)O)c45)ccc(-c4ccccc4C)c3C)cc2)cc1. The minimum Gasteiger partial charge on any atom is -0.506 e. The van der Waals surface area contributed by atoms with Gasteiger partial charge in [-0.1, -0.05) is 48.0 Å². The number of fused-ring (bicyclic) bond motifs is 1. The first-order valence-electron chi connectivity index (χ1n) is 15.8. The van der Waals surface area contributed by atoms with Crippen LogP contribution in [-0.2, 0) is 30.4 Å². The molecule has 0 heterocycles. The third-order valence-electron chi connectivity index (χ3n) is 8.33. The maximum absolute atomic E-state index is 12.8. The molecule has 54 heavy (non-hydrogen) atoms. The summed E-state index contributed by atoms with van der Waals surface area (Å²) in [5.74, 6) is -0.579. The van der Waals surface area contributed by atoms with E-state index in [-0.39, 0.29) is 27.4 Å². The van der Waals surface area contributed by atoms with Crippen molar-refractivity contribution in [2.24, 2.45) is 20.5 Å². The highest BCUT2D eigenvalue weighted by atomic mass is 32.2. The summed E-state index contributed by atoms with van der Waals surface area (Å²) in [7, 11) is -14.0. The molecule has 0 radical (unpaired) electrons. The van der Waals surface area contributed by atoms with Crippen LogP contribution in [0.25, 0.3) is 21.9 Å². The molecule has 0 atom stereocenters. The van der Waals surface area contributed by atoms with Crippen molar-refractivity contribution in [3.05, 3.63) is 126 Å². The molecule has 0 amide bonds. The number of azo groups is 2. The Morgan fingerprint density at radius 3 is 1.85 bits per heavy atom. The van der Waals surface area contributed by atoms with Crippen molar-refractivity contribution in [2.45, 2.75) is 35.5 Å². The largest absolute Gasteiger partial charge is 0.506 e. The number of aryl methyl sites for hydroxylation is 2. The normalized spacial score (nSPS) is 12.5. The number of rotatable bonds is 10. The molecular formula is C37H30N4O10S3. The number of nitrogens with zero attached hydrogens (tertiary/aromatic N) is 4. The van der Waals surface area contributed by atoms with E-state index in [4.69, 9.17) is 4.18 Å². The number of benzene rings is 6. The van der Waals surface area contributed by atoms with Crippen LogP contribution in [0.4, 0.5) is 22.7 Å². The predicted octanol–water partition coefficient (Wildman–Crippen LogP) is 9.23. The summed E-state index contributed by atoms with van der Waals surface area (Å²) in [4.78, 5) is -1.49. The van der Waals surface area contributed by atoms with Crippen LogP contribution in [0.1, 0.15) is 16.7 Å². The Labute approximate surface area is 310 Å². The summed E-state index contributed by atoms with van der Waals surface area (Å²) in [6, 6.07) is 26.6. The molecule has 0 unspecified atom stereocenters. The summed E-state index contributed by atoms with van der Waals surface area (Å²) >= 11 is 0. The number of aromatic hydroxyl groups is 1. The molecule has 14 nitrogen and oxygen atoms in total. The van der Waals surface area contributed by atoms with Crippen molar-refractivity contribution in [3.63, 3.8) is 0 Å². The van der Waals surface area contributed by atoms with Crippen LogP contribution in [0.2, 0.25) is 0 Å². The van der Waals surface area contributed by atoms with Crippen LogP contribution in [-0.4, -0.2) is 39.5 Å². The van der Waals surface area contributed by atoms with E-state index in [2.05, 4.69) is 20.5 Å². The second-order valence-corrected chi connectivity index (χ2v) is 16.4. The first-order valence-corrected chi connectivity index (χ1v) is 20.1. The third-order valence-corrected chi connectivity index (χ3v) is 11.4. The lowest BCUT2D eigenvalue weighted by molar-refractivity contribution is 0.475. The summed E-state index contributed by atoms with van der Waals surface area (Å²) in [6.45, 7) is 5.54. The van der Waals surface area contributed by atoms with Crippen LogP contribution in [0.15, 0.2) is 144 Å². The Morgan fingerprint density at radius 2 is 1.20 bits per heavy atom. The lowest BCUT2D eigenvalue weighted by Gasteiger charge is -2.13. The van der Waals surface area contributed by atoms with Crippen molar-refractivity contribution in [1.29, 1.82) is 0 Å². The molecule has 0 aliphatic rings. The number of phenols is 1. The van der Waals surface area contributed by atoms with Crippen molar-refractivity contribution >= 4 is 63.9 Å². The first-order chi connectivity index (χ1) is 25.4. The average molecular weight is 787 g/mol. The molecule has 0 bridgehead atoms. The van der Waals surface area contributed by atoms with Gasteiger partial charge in [0.2, 0.25) is 0 Å². The second kappa shape index (κ2) is 14.5. The second-order valence-electron chi connectivity index (χ2n) is 12.0. The predicted molar refractivity (Wildman–Crippen MR) is 200 cm³/mol. The van der Waals surface area contributed by atoms with Crippen molar-refractivity contribution in [2.75, 3.05) is 0 Å². The van der Waals surface area contributed by atoms with Gasteiger partial charge in [-0.05, 0) is 110 Å². The lowest BCUT2D eigenvalue weighted by atomic mass is 9.95. The van der Waals surface area contributed by atoms with E-state index in [9.17, 15) is 39.5 Å². The van der Waals surface area contributed by atoms with E-state index >= 15 is 0 Å². The summed E-state index contributed by atoms with van der Waals surface area (Å²) in [5, 5.41) is 27.1. The molecule has 0 saturated carbocycles. The number of phenolic OH excluding ortho intramolecular Hbond substituents is 1. The van der Waals surface area contributed by atoms with Gasteiger partial charge in [-0.3, -0.25) is 9.11 Å². The molecule has 0 saturated heterocycles. The molecule has 6 rings (SSSR count). The van der Waals surface area contributed by atoms with E-state index in [1.807, 2.05) is 38.1 Å². The highest BCUT2D eigenvalue weighted by Gasteiger charge is 2.25. The van der Waals surface area contributed by atoms with E-state index in [1.54, 1.807) is 31.2 Å². The number of hydrogen-bond donors (Lipinski definition) is 3. The van der Waals surface area contributed by atoms with E-state index in [0.29, 0.717) is 11.3 Å². The molecule has 0 spiro atoms. The third kappa shape index (κ3) is 7.90. The van der Waals surface area contributed by atoms with Gasteiger partial charge >= 0.3 is 10.1 Å². The monoisotopic (exact) mass is 786 g/mol. The van der Waals surface area contributed by atoms with Crippen LogP contribution in [0.3, 0.4) is 0 Å². The molecular weight excluding hydrogens is 757 g/mol. The Morgan fingerprint density at radius 1 is 0.574 bits per heavy atom. The maximum atomic E-state index is 12.8. The van der Waals surface area contributed by atoms with Gasteiger partial charge in [-0.15, -0.1) is 15.3 Å². The molecule has 276 valence electrons. The molecule has 0 aliphatic heterocycles. The zero-order chi connectivity index (χ0) is 39.0. The van der Waals surface area contributed by atoms with Crippen LogP contribution in [0, 0.1) is 20.8 Å². The lowest BCUT2D eigenvalue weighted by Crippen LogP contribution is -2.09. The van der Waals surface area contributed by atoms with Gasteiger partial charge in [0.1, 0.15) is 43.2 Å². The van der Waals surface area contributed by atoms with Crippen LogP contribution < -0.4 is 4.18 Å². The minimum absolute atomic E-state index is 0.00698. The number of hydrogen-bond acceptors (Lipinski definition) is 12. The molecule has 0 aliphatic carbocycles. The molecule has 3 N–H and O–H groups in total. The molecule has 6 aromatic carbocycles.